The monoisotopic (exact) mass is 306 g/mol. The average Bonchev–Trinajstić information content (AvgIpc) is 2.64. The van der Waals surface area contributed by atoms with Crippen molar-refractivity contribution in [1.82, 2.24) is 10.3 Å². The van der Waals surface area contributed by atoms with Gasteiger partial charge in [-0.3, -0.25) is 9.59 Å². The molecule has 1 atom stereocenters. The summed E-state index contributed by atoms with van der Waals surface area (Å²) in [7, 11) is 0. The van der Waals surface area contributed by atoms with Crippen LogP contribution in [-0.2, 0) is 4.79 Å². The van der Waals surface area contributed by atoms with Crippen LogP contribution in [0.4, 0.5) is 0 Å². The van der Waals surface area contributed by atoms with Crippen LogP contribution >= 0.6 is 23.2 Å². The van der Waals surface area contributed by atoms with E-state index in [1.165, 1.54) is 6.07 Å². The number of carboxylic acids is 1. The Kier molecular flexibility index (Phi) is 5.69. The molecule has 1 unspecified atom stereocenters. The van der Waals surface area contributed by atoms with Crippen molar-refractivity contribution >= 4 is 35.1 Å². The van der Waals surface area contributed by atoms with Gasteiger partial charge >= 0.3 is 5.97 Å². The summed E-state index contributed by atoms with van der Waals surface area (Å²) in [6, 6.07) is 1.40. The fourth-order valence-corrected chi connectivity index (χ4v) is 1.99. The molecule has 7 heteroatoms. The van der Waals surface area contributed by atoms with Crippen LogP contribution in [0.25, 0.3) is 0 Å². The fraction of sp³-hybridized carbons (Fsp3) is 0.500. The Morgan fingerprint density at radius 3 is 2.47 bits per heavy atom. The third kappa shape index (κ3) is 4.76. The number of carboxylic acid groups (broad SMARTS) is 1. The van der Waals surface area contributed by atoms with Gasteiger partial charge in [0.1, 0.15) is 10.8 Å². The van der Waals surface area contributed by atoms with Crippen LogP contribution in [0.3, 0.4) is 0 Å². The summed E-state index contributed by atoms with van der Waals surface area (Å²) < 4.78 is 0. The number of carbonyl (C=O) groups is 2. The molecule has 0 aliphatic rings. The molecule has 0 saturated carbocycles. The molecule has 0 aliphatic carbocycles. The Labute approximate surface area is 121 Å². The molecule has 1 aromatic rings. The van der Waals surface area contributed by atoms with E-state index < -0.39 is 17.8 Å². The van der Waals surface area contributed by atoms with Crippen molar-refractivity contribution in [1.29, 1.82) is 0 Å². The zero-order valence-corrected chi connectivity index (χ0v) is 12.2. The topological polar surface area (TPSA) is 82.2 Å². The summed E-state index contributed by atoms with van der Waals surface area (Å²) >= 11 is 11.4. The molecule has 0 bridgehead atoms. The van der Waals surface area contributed by atoms with Gasteiger partial charge in [-0.2, -0.15) is 0 Å². The third-order valence-corrected chi connectivity index (χ3v) is 3.28. The Bertz CT molecular complexity index is 452. The molecule has 1 heterocycles. The largest absolute Gasteiger partial charge is 0.481 e. The van der Waals surface area contributed by atoms with Crippen molar-refractivity contribution < 1.29 is 14.7 Å². The van der Waals surface area contributed by atoms with Crippen LogP contribution in [0.2, 0.25) is 10.2 Å². The van der Waals surface area contributed by atoms with E-state index in [9.17, 15) is 9.59 Å². The van der Waals surface area contributed by atoms with E-state index in [4.69, 9.17) is 28.3 Å². The predicted octanol–water partition coefficient (Wildman–Crippen LogP) is 2.80. The van der Waals surface area contributed by atoms with E-state index in [1.807, 2.05) is 13.8 Å². The molecule has 0 spiro atoms. The van der Waals surface area contributed by atoms with Crippen molar-refractivity contribution in [2.45, 2.75) is 20.3 Å². The van der Waals surface area contributed by atoms with Crippen LogP contribution in [0.1, 0.15) is 30.8 Å². The van der Waals surface area contributed by atoms with Crippen molar-refractivity contribution in [2.24, 2.45) is 11.8 Å². The summed E-state index contributed by atoms with van der Waals surface area (Å²) in [6.07, 6.45) is 0.502. The summed E-state index contributed by atoms with van der Waals surface area (Å²) in [5, 5.41) is 12.0. The van der Waals surface area contributed by atoms with Crippen molar-refractivity contribution in [2.75, 3.05) is 6.54 Å². The van der Waals surface area contributed by atoms with Crippen molar-refractivity contribution in [3.05, 3.63) is 21.9 Å². The number of hydrogen-bond acceptors (Lipinski definition) is 2. The van der Waals surface area contributed by atoms with E-state index in [-0.39, 0.29) is 28.3 Å². The minimum absolute atomic E-state index is 0.0700. The molecule has 1 rings (SSSR count). The second-order valence-corrected chi connectivity index (χ2v) is 5.50. The molecule has 0 fully saturated rings. The van der Waals surface area contributed by atoms with Gasteiger partial charge < -0.3 is 15.4 Å². The fourth-order valence-electron chi connectivity index (χ4n) is 1.68. The molecule has 1 aromatic heterocycles. The first-order valence-corrected chi connectivity index (χ1v) is 6.61. The first kappa shape index (κ1) is 15.9. The van der Waals surface area contributed by atoms with Crippen LogP contribution in [0.15, 0.2) is 6.07 Å². The lowest BCUT2D eigenvalue weighted by molar-refractivity contribution is -0.142. The number of aromatic amines is 1. The number of aliphatic carboxylic acids is 1. The molecule has 0 aromatic carbocycles. The smallest absolute Gasteiger partial charge is 0.308 e. The zero-order chi connectivity index (χ0) is 14.6. The Balaban J connectivity index is 2.59. The third-order valence-electron chi connectivity index (χ3n) is 2.58. The summed E-state index contributed by atoms with van der Waals surface area (Å²) in [5.41, 5.74) is 0.212. The number of halogens is 2. The number of carbonyl (C=O) groups excluding carboxylic acids is 1. The van der Waals surface area contributed by atoms with Gasteiger partial charge in [0.25, 0.3) is 5.91 Å². The zero-order valence-electron chi connectivity index (χ0n) is 10.7. The molecular formula is C12H16Cl2N2O3. The minimum Gasteiger partial charge on any atom is -0.481 e. The van der Waals surface area contributed by atoms with E-state index in [1.54, 1.807) is 0 Å². The van der Waals surface area contributed by atoms with Gasteiger partial charge in [-0.1, -0.05) is 37.0 Å². The highest BCUT2D eigenvalue weighted by Crippen LogP contribution is 2.21. The molecule has 0 saturated heterocycles. The minimum atomic E-state index is -0.920. The van der Waals surface area contributed by atoms with Gasteiger partial charge in [-0.25, -0.2) is 0 Å². The van der Waals surface area contributed by atoms with Crippen LogP contribution in [-0.4, -0.2) is 28.5 Å². The summed E-state index contributed by atoms with van der Waals surface area (Å²) in [5.74, 6) is -1.71. The van der Waals surface area contributed by atoms with Gasteiger partial charge in [0.15, 0.2) is 0 Å². The maximum absolute atomic E-state index is 11.8. The molecule has 0 radical (unpaired) electrons. The van der Waals surface area contributed by atoms with Gasteiger partial charge in [0.05, 0.1) is 10.9 Å². The lowest BCUT2D eigenvalue weighted by atomic mass is 9.97. The average molecular weight is 307 g/mol. The molecule has 106 valence electrons. The number of hydrogen-bond donors (Lipinski definition) is 3. The Morgan fingerprint density at radius 2 is 2.05 bits per heavy atom. The lowest BCUT2D eigenvalue weighted by Gasteiger charge is -2.15. The molecule has 3 N–H and O–H groups in total. The highest BCUT2D eigenvalue weighted by Gasteiger charge is 2.20. The van der Waals surface area contributed by atoms with Crippen LogP contribution in [0.5, 0.6) is 0 Å². The van der Waals surface area contributed by atoms with Crippen molar-refractivity contribution in [3.8, 4) is 0 Å². The van der Waals surface area contributed by atoms with Crippen molar-refractivity contribution in [3.63, 3.8) is 0 Å². The number of nitrogens with one attached hydrogen (secondary N) is 2. The SMILES string of the molecule is CC(C)CC(CNC(=O)c1cc(Cl)c(Cl)[nH]1)C(=O)O. The Hall–Kier alpha value is -1.20. The summed E-state index contributed by atoms with van der Waals surface area (Å²) in [4.78, 5) is 25.4. The second-order valence-electron chi connectivity index (χ2n) is 4.72. The number of amides is 1. The highest BCUT2D eigenvalue weighted by molar-refractivity contribution is 6.41. The number of H-pyrrole nitrogens is 1. The van der Waals surface area contributed by atoms with Crippen LogP contribution < -0.4 is 5.32 Å². The van der Waals surface area contributed by atoms with E-state index >= 15 is 0 Å². The quantitative estimate of drug-likeness (QED) is 0.756. The molecular weight excluding hydrogens is 291 g/mol. The molecule has 1 amide bonds. The number of aromatic nitrogens is 1. The van der Waals surface area contributed by atoms with Gasteiger partial charge in [-0.05, 0) is 18.4 Å². The van der Waals surface area contributed by atoms with Gasteiger partial charge in [0, 0.05) is 6.54 Å². The first-order valence-electron chi connectivity index (χ1n) is 5.86. The van der Waals surface area contributed by atoms with E-state index in [0.29, 0.717) is 6.42 Å². The maximum Gasteiger partial charge on any atom is 0.308 e. The molecule has 5 nitrogen and oxygen atoms in total. The molecule has 0 aliphatic heterocycles. The van der Waals surface area contributed by atoms with E-state index in [0.717, 1.165) is 0 Å². The Morgan fingerprint density at radius 1 is 1.42 bits per heavy atom. The normalized spacial score (nSPS) is 12.5. The van der Waals surface area contributed by atoms with Crippen LogP contribution in [0, 0.1) is 11.8 Å². The lowest BCUT2D eigenvalue weighted by Crippen LogP contribution is -2.33. The second kappa shape index (κ2) is 6.82. The number of rotatable bonds is 6. The predicted molar refractivity (Wildman–Crippen MR) is 73.7 cm³/mol. The van der Waals surface area contributed by atoms with E-state index in [2.05, 4.69) is 10.3 Å². The highest BCUT2D eigenvalue weighted by atomic mass is 35.5. The summed E-state index contributed by atoms with van der Waals surface area (Å²) in [6.45, 7) is 3.94. The van der Waals surface area contributed by atoms with Gasteiger partial charge in [0.2, 0.25) is 0 Å². The maximum atomic E-state index is 11.8. The standard InChI is InChI=1S/C12H16Cl2N2O3/c1-6(2)3-7(12(18)19)5-15-11(17)9-4-8(13)10(14)16-9/h4,6-7,16H,3,5H2,1-2H3,(H,15,17)(H,18,19). The first-order chi connectivity index (χ1) is 8.81. The molecule has 19 heavy (non-hydrogen) atoms. The van der Waals surface area contributed by atoms with Gasteiger partial charge in [-0.15, -0.1) is 0 Å².